The lowest BCUT2D eigenvalue weighted by atomic mass is 10.0. The van der Waals surface area contributed by atoms with E-state index in [1.54, 1.807) is 0 Å². The van der Waals surface area contributed by atoms with E-state index in [1.165, 1.54) is 58.6 Å². The molecule has 6 heteroatoms. The van der Waals surface area contributed by atoms with Crippen LogP contribution >= 0.6 is 11.3 Å². The van der Waals surface area contributed by atoms with E-state index >= 15 is 0 Å². The molecule has 12 rings (SSSR count). The van der Waals surface area contributed by atoms with Gasteiger partial charge in [0.15, 0.2) is 17.5 Å². The molecule has 0 spiro atoms. The van der Waals surface area contributed by atoms with Crippen LogP contribution in [0.25, 0.3) is 109 Å². The molecule has 12 aromatic rings. The van der Waals surface area contributed by atoms with Gasteiger partial charge in [0, 0.05) is 64.1 Å². The number of fused-ring (bicyclic) bond motifs is 10. The standard InChI is InChI=1S/C51H31N5S/c1-4-16-32(17-5-1)49-52-50(33-18-6-2-7-19-33)54-51(53-49)39-25-14-24-37-38-30-31-44-46(48(38)55(47(37)39)34-20-8-3-9-21-34)45-42(28-15-29-43(45)57-44)56-40-26-12-10-22-35(40)36-23-11-13-27-41(36)56/h1-31H. The van der Waals surface area contributed by atoms with Crippen molar-refractivity contribution in [2.75, 3.05) is 0 Å². The highest BCUT2D eigenvalue weighted by Crippen LogP contribution is 2.47. The normalized spacial score (nSPS) is 11.9. The number of thiophene rings is 1. The maximum atomic E-state index is 5.23. The van der Waals surface area contributed by atoms with E-state index in [4.69, 9.17) is 15.0 Å². The molecule has 0 unspecified atom stereocenters. The lowest BCUT2D eigenvalue weighted by Crippen LogP contribution is -2.02. The minimum absolute atomic E-state index is 0.630. The summed E-state index contributed by atoms with van der Waals surface area (Å²) >= 11 is 1.85. The highest BCUT2D eigenvalue weighted by molar-refractivity contribution is 7.26. The number of nitrogens with zero attached hydrogens (tertiary/aromatic N) is 5. The zero-order valence-electron chi connectivity index (χ0n) is 30.5. The Labute approximate surface area is 331 Å². The Balaban J connectivity index is 1.23. The number of aromatic nitrogens is 5. The van der Waals surface area contributed by atoms with Gasteiger partial charge in [-0.2, -0.15) is 0 Å². The van der Waals surface area contributed by atoms with Gasteiger partial charge in [-0.1, -0.05) is 140 Å². The topological polar surface area (TPSA) is 48.5 Å². The lowest BCUT2D eigenvalue weighted by molar-refractivity contribution is 1.07. The first kappa shape index (κ1) is 31.9. The van der Waals surface area contributed by atoms with Gasteiger partial charge in [0.05, 0.1) is 27.8 Å². The average Bonchev–Trinajstić information content (AvgIpc) is 3.95. The monoisotopic (exact) mass is 745 g/mol. The fourth-order valence-electron chi connectivity index (χ4n) is 8.75. The molecule has 0 aliphatic rings. The summed E-state index contributed by atoms with van der Waals surface area (Å²) in [5, 5.41) is 7.31. The smallest absolute Gasteiger partial charge is 0.166 e. The van der Waals surface area contributed by atoms with Crippen molar-refractivity contribution in [1.29, 1.82) is 0 Å². The van der Waals surface area contributed by atoms with Crippen LogP contribution in [0.2, 0.25) is 0 Å². The van der Waals surface area contributed by atoms with Crippen LogP contribution in [0.5, 0.6) is 0 Å². The predicted molar refractivity (Wildman–Crippen MR) is 238 cm³/mol. The second kappa shape index (κ2) is 12.6. The quantitative estimate of drug-likeness (QED) is 0.176. The van der Waals surface area contributed by atoms with E-state index in [9.17, 15) is 0 Å². The third-order valence-corrected chi connectivity index (χ3v) is 12.3. The van der Waals surface area contributed by atoms with Crippen molar-refractivity contribution < 1.29 is 0 Å². The molecule has 8 aromatic carbocycles. The molecule has 0 saturated carbocycles. The minimum atomic E-state index is 0.630. The molecule has 0 saturated heterocycles. The first-order chi connectivity index (χ1) is 28.3. The van der Waals surface area contributed by atoms with Gasteiger partial charge in [-0.3, -0.25) is 0 Å². The zero-order valence-corrected chi connectivity index (χ0v) is 31.4. The fraction of sp³-hybridized carbons (Fsp3) is 0. The zero-order chi connectivity index (χ0) is 37.5. The van der Waals surface area contributed by atoms with Crippen molar-refractivity contribution in [3.05, 3.63) is 188 Å². The van der Waals surface area contributed by atoms with Crippen LogP contribution in [0.3, 0.4) is 0 Å². The Kier molecular flexibility index (Phi) is 7.03. The van der Waals surface area contributed by atoms with Crippen molar-refractivity contribution in [3.8, 4) is 45.5 Å². The van der Waals surface area contributed by atoms with Crippen molar-refractivity contribution >= 4 is 75.1 Å². The number of hydrogen-bond donors (Lipinski definition) is 0. The second-order valence-corrected chi connectivity index (χ2v) is 15.5. The van der Waals surface area contributed by atoms with Crippen molar-refractivity contribution in [2.45, 2.75) is 0 Å². The average molecular weight is 746 g/mol. The van der Waals surface area contributed by atoms with Gasteiger partial charge in [0.2, 0.25) is 0 Å². The van der Waals surface area contributed by atoms with Crippen LogP contribution in [-0.2, 0) is 0 Å². The molecule has 0 bridgehead atoms. The van der Waals surface area contributed by atoms with Crippen molar-refractivity contribution in [2.24, 2.45) is 0 Å². The van der Waals surface area contributed by atoms with Crippen molar-refractivity contribution in [1.82, 2.24) is 24.1 Å². The third kappa shape index (κ3) is 4.84. The molecular weight excluding hydrogens is 715 g/mol. The van der Waals surface area contributed by atoms with E-state index in [-0.39, 0.29) is 0 Å². The molecule has 0 aliphatic heterocycles. The number of benzene rings is 8. The van der Waals surface area contributed by atoms with Crippen LogP contribution in [0.15, 0.2) is 188 Å². The summed E-state index contributed by atoms with van der Waals surface area (Å²) in [7, 11) is 0. The summed E-state index contributed by atoms with van der Waals surface area (Å²) in [6.07, 6.45) is 0. The number of rotatable bonds is 5. The van der Waals surface area contributed by atoms with Gasteiger partial charge in [-0.25, -0.2) is 15.0 Å². The predicted octanol–water partition coefficient (Wildman–Crippen LogP) is 13.4. The van der Waals surface area contributed by atoms with Gasteiger partial charge >= 0.3 is 0 Å². The molecule has 57 heavy (non-hydrogen) atoms. The molecule has 0 aliphatic carbocycles. The van der Waals surface area contributed by atoms with Gasteiger partial charge in [-0.15, -0.1) is 11.3 Å². The number of hydrogen-bond acceptors (Lipinski definition) is 4. The molecule has 0 fully saturated rings. The van der Waals surface area contributed by atoms with E-state index in [0.717, 1.165) is 33.3 Å². The molecule has 0 N–H and O–H groups in total. The van der Waals surface area contributed by atoms with E-state index in [2.05, 4.69) is 161 Å². The first-order valence-corrected chi connectivity index (χ1v) is 19.9. The van der Waals surface area contributed by atoms with E-state index in [0.29, 0.717) is 17.5 Å². The second-order valence-electron chi connectivity index (χ2n) is 14.4. The van der Waals surface area contributed by atoms with Crippen LogP contribution in [0.1, 0.15) is 0 Å². The summed E-state index contributed by atoms with van der Waals surface area (Å²) in [6, 6.07) is 66.5. The summed E-state index contributed by atoms with van der Waals surface area (Å²) in [5.41, 5.74) is 9.70. The highest BCUT2D eigenvalue weighted by atomic mass is 32.1. The minimum Gasteiger partial charge on any atom is -0.309 e. The molecule has 4 heterocycles. The van der Waals surface area contributed by atoms with Crippen LogP contribution in [0, 0.1) is 0 Å². The Morgan fingerprint density at radius 2 is 0.877 bits per heavy atom. The Morgan fingerprint density at radius 3 is 1.54 bits per heavy atom. The van der Waals surface area contributed by atoms with Gasteiger partial charge < -0.3 is 9.13 Å². The maximum absolute atomic E-state index is 5.23. The lowest BCUT2D eigenvalue weighted by Gasteiger charge is -2.14. The maximum Gasteiger partial charge on any atom is 0.166 e. The summed E-state index contributed by atoms with van der Waals surface area (Å²) in [4.78, 5) is 15.5. The highest BCUT2D eigenvalue weighted by Gasteiger charge is 2.24. The van der Waals surface area contributed by atoms with Gasteiger partial charge in [0.1, 0.15) is 0 Å². The SMILES string of the molecule is c1ccc(-c2nc(-c3ccccc3)nc(-c3cccc4c5ccc6sc7cccc(-n8c9ccccc9c9ccccc98)c7c6c5n(-c5ccccc5)c34)n2)cc1. The largest absolute Gasteiger partial charge is 0.309 e. The molecule has 0 atom stereocenters. The summed E-state index contributed by atoms with van der Waals surface area (Å²) in [5.74, 6) is 1.91. The van der Waals surface area contributed by atoms with Crippen molar-refractivity contribution in [3.63, 3.8) is 0 Å². The first-order valence-electron chi connectivity index (χ1n) is 19.1. The molecule has 4 aromatic heterocycles. The van der Waals surface area contributed by atoms with E-state index < -0.39 is 0 Å². The molecule has 5 nitrogen and oxygen atoms in total. The van der Waals surface area contributed by atoms with Gasteiger partial charge in [0.25, 0.3) is 0 Å². The third-order valence-electron chi connectivity index (χ3n) is 11.2. The molecule has 0 amide bonds. The summed E-state index contributed by atoms with van der Waals surface area (Å²) in [6.45, 7) is 0. The molecular formula is C51H31N5S. The Morgan fingerprint density at radius 1 is 0.351 bits per heavy atom. The van der Waals surface area contributed by atoms with Crippen LogP contribution in [0.4, 0.5) is 0 Å². The summed E-state index contributed by atoms with van der Waals surface area (Å²) < 4.78 is 7.40. The molecule has 266 valence electrons. The van der Waals surface area contributed by atoms with E-state index in [1.807, 2.05) is 47.7 Å². The molecule has 0 radical (unpaired) electrons. The Bertz CT molecular complexity index is 3400. The number of para-hydroxylation sites is 4. The van der Waals surface area contributed by atoms with Crippen LogP contribution < -0.4 is 0 Å². The van der Waals surface area contributed by atoms with Gasteiger partial charge in [-0.05, 0) is 48.5 Å². The fourth-order valence-corrected chi connectivity index (χ4v) is 9.88. The Hall–Kier alpha value is -7.41. The van der Waals surface area contributed by atoms with Crippen LogP contribution in [-0.4, -0.2) is 24.1 Å².